The summed E-state index contributed by atoms with van der Waals surface area (Å²) < 4.78 is 48.1. The lowest BCUT2D eigenvalue weighted by molar-refractivity contribution is -0.738. The molecule has 0 saturated carbocycles. The Hall–Kier alpha value is -3.41. The Balaban J connectivity index is 1.24. The Labute approximate surface area is 219 Å². The largest absolute Gasteiger partial charge is 0.452 e. The second kappa shape index (κ2) is 9.72. The highest BCUT2D eigenvalue weighted by atomic mass is 32.2. The topological polar surface area (TPSA) is 149 Å². The van der Waals surface area contributed by atoms with Gasteiger partial charge in [-0.3, -0.25) is 4.79 Å². The standard InChI is InChI=1S/C25H26N3O9S/c1-17-4-6-18(7-5-17)38(32,33)27-12-2-3-19(27)24(31)34-15-23(30)37-22-9-8-20-25(35-13-14-36-25)11-10-21(29)28(20,22)16-26/h4-9,19H,2-3,10-15H2,1H3/q+1/t19-,28?/m1/s1. The van der Waals surface area contributed by atoms with Crippen LogP contribution >= 0.6 is 0 Å². The van der Waals surface area contributed by atoms with Gasteiger partial charge in [-0.15, -0.1) is 5.26 Å². The highest BCUT2D eigenvalue weighted by molar-refractivity contribution is 7.89. The number of carbonyl (C=O) groups excluding carboxylic acids is 3. The fraction of sp³-hybridized carbons (Fsp3) is 0.440. The van der Waals surface area contributed by atoms with Crippen molar-refractivity contribution in [3.8, 4) is 6.19 Å². The Bertz CT molecular complexity index is 1390. The van der Waals surface area contributed by atoms with E-state index in [0.29, 0.717) is 19.6 Å². The van der Waals surface area contributed by atoms with Gasteiger partial charge in [-0.1, -0.05) is 22.2 Å². The molecular formula is C25H26N3O9S+. The first kappa shape index (κ1) is 26.2. The quantitative estimate of drug-likeness (QED) is 0.292. The Morgan fingerprint density at radius 3 is 2.61 bits per heavy atom. The highest BCUT2D eigenvalue weighted by Crippen LogP contribution is 2.48. The molecule has 3 saturated heterocycles. The Morgan fingerprint density at radius 2 is 1.92 bits per heavy atom. The Kier molecular flexibility index (Phi) is 6.70. The van der Waals surface area contributed by atoms with Gasteiger partial charge in [0.05, 0.1) is 24.5 Å². The molecule has 5 rings (SSSR count). The smallest absolute Gasteiger partial charge is 0.353 e. The zero-order valence-electron chi connectivity index (χ0n) is 20.6. The van der Waals surface area contributed by atoms with Crippen LogP contribution in [0.25, 0.3) is 0 Å². The molecule has 12 nitrogen and oxygen atoms in total. The number of aryl methyl sites for hydroxylation is 1. The number of esters is 2. The van der Waals surface area contributed by atoms with Crippen LogP contribution in [0.5, 0.6) is 0 Å². The molecule has 0 radical (unpaired) electrons. The van der Waals surface area contributed by atoms with Crippen molar-refractivity contribution in [2.75, 3.05) is 26.4 Å². The van der Waals surface area contributed by atoms with Crippen LogP contribution < -0.4 is 0 Å². The predicted molar refractivity (Wildman–Crippen MR) is 126 cm³/mol. The molecule has 200 valence electrons. The van der Waals surface area contributed by atoms with Crippen molar-refractivity contribution in [1.82, 2.24) is 4.31 Å². The van der Waals surface area contributed by atoms with E-state index in [0.717, 1.165) is 9.87 Å². The van der Waals surface area contributed by atoms with Crippen LogP contribution in [0.15, 0.2) is 52.9 Å². The summed E-state index contributed by atoms with van der Waals surface area (Å²) in [6.45, 7) is 1.72. The minimum atomic E-state index is -3.95. The Morgan fingerprint density at radius 1 is 1.21 bits per heavy atom. The van der Waals surface area contributed by atoms with Crippen LogP contribution in [0.2, 0.25) is 0 Å². The van der Waals surface area contributed by atoms with Crippen molar-refractivity contribution >= 4 is 27.9 Å². The lowest BCUT2D eigenvalue weighted by Gasteiger charge is -2.38. The van der Waals surface area contributed by atoms with E-state index in [1.165, 1.54) is 24.3 Å². The molecule has 13 heteroatoms. The van der Waals surface area contributed by atoms with E-state index < -0.39 is 50.8 Å². The van der Waals surface area contributed by atoms with Gasteiger partial charge in [0.2, 0.25) is 15.8 Å². The number of carbonyl (C=O) groups is 3. The predicted octanol–water partition coefficient (Wildman–Crippen LogP) is 1.33. The number of benzene rings is 1. The fourth-order valence-corrected chi connectivity index (χ4v) is 6.84. The van der Waals surface area contributed by atoms with Crippen LogP contribution in [0.1, 0.15) is 31.2 Å². The van der Waals surface area contributed by atoms with Gasteiger partial charge in [-0.05, 0) is 31.9 Å². The van der Waals surface area contributed by atoms with Gasteiger partial charge in [0.1, 0.15) is 6.04 Å². The van der Waals surface area contributed by atoms with Crippen molar-refractivity contribution < 1.29 is 46.2 Å². The minimum absolute atomic E-state index is 0.0399. The molecule has 1 amide bonds. The summed E-state index contributed by atoms with van der Waals surface area (Å²) >= 11 is 0. The number of piperidine rings is 1. The summed E-state index contributed by atoms with van der Waals surface area (Å²) in [7, 11) is -3.95. The number of sulfonamides is 1. The molecular weight excluding hydrogens is 518 g/mol. The van der Waals surface area contributed by atoms with Gasteiger partial charge in [-0.2, -0.15) is 4.31 Å². The van der Waals surface area contributed by atoms with Crippen molar-refractivity contribution in [2.24, 2.45) is 0 Å². The zero-order valence-corrected chi connectivity index (χ0v) is 21.4. The van der Waals surface area contributed by atoms with E-state index >= 15 is 0 Å². The first-order valence-corrected chi connectivity index (χ1v) is 13.6. The molecule has 0 bridgehead atoms. The normalized spacial score (nSPS) is 26.4. The summed E-state index contributed by atoms with van der Waals surface area (Å²) in [5, 5.41) is 10.00. The van der Waals surface area contributed by atoms with E-state index in [9.17, 15) is 28.1 Å². The summed E-state index contributed by atoms with van der Waals surface area (Å²) in [5.74, 6) is -3.95. The maximum Gasteiger partial charge on any atom is 0.353 e. The van der Waals surface area contributed by atoms with E-state index in [1.807, 2.05) is 13.1 Å². The van der Waals surface area contributed by atoms with Crippen LogP contribution in [0.3, 0.4) is 0 Å². The molecule has 4 aliphatic heterocycles. The van der Waals surface area contributed by atoms with Crippen LogP contribution in [-0.2, 0) is 43.4 Å². The molecule has 1 aromatic carbocycles. The van der Waals surface area contributed by atoms with Crippen molar-refractivity contribution in [3.05, 3.63) is 53.6 Å². The molecule has 1 aromatic rings. The number of nitriles is 1. The number of rotatable bonds is 6. The summed E-state index contributed by atoms with van der Waals surface area (Å²) in [4.78, 5) is 38.4. The number of fused-ring (bicyclic) bond motifs is 2. The monoisotopic (exact) mass is 544 g/mol. The highest BCUT2D eigenvalue weighted by Gasteiger charge is 2.65. The molecule has 0 aromatic heterocycles. The third kappa shape index (κ3) is 4.14. The second-order valence-electron chi connectivity index (χ2n) is 9.34. The van der Waals surface area contributed by atoms with Gasteiger partial charge >= 0.3 is 29.9 Å². The van der Waals surface area contributed by atoms with Gasteiger partial charge < -0.3 is 18.9 Å². The number of allylic oxidation sites excluding steroid dienone is 2. The van der Waals surface area contributed by atoms with Crippen LogP contribution in [-0.4, -0.2) is 73.2 Å². The van der Waals surface area contributed by atoms with Gasteiger partial charge in [0, 0.05) is 25.1 Å². The molecule has 38 heavy (non-hydrogen) atoms. The first-order chi connectivity index (χ1) is 18.1. The molecule has 0 aliphatic carbocycles. The fourth-order valence-electron chi connectivity index (χ4n) is 5.19. The molecule has 1 unspecified atom stereocenters. The average Bonchev–Trinajstić information content (AvgIpc) is 3.65. The number of ether oxygens (including phenoxy) is 4. The van der Waals surface area contributed by atoms with Crippen molar-refractivity contribution in [2.45, 2.75) is 49.3 Å². The molecule has 3 fully saturated rings. The third-order valence-corrected chi connectivity index (χ3v) is 8.99. The van der Waals surface area contributed by atoms with E-state index in [2.05, 4.69) is 0 Å². The lowest BCUT2D eigenvalue weighted by atomic mass is 9.98. The number of amides is 1. The second-order valence-corrected chi connectivity index (χ2v) is 11.2. The molecule has 4 aliphatic rings. The molecule has 2 atom stereocenters. The number of quaternary nitrogens is 1. The third-order valence-electron chi connectivity index (χ3n) is 7.07. The number of nitrogens with zero attached hydrogens (tertiary/aromatic N) is 3. The lowest BCUT2D eigenvalue weighted by Crippen LogP contribution is -2.58. The summed E-state index contributed by atoms with van der Waals surface area (Å²) in [5.41, 5.74) is 1.10. The zero-order chi connectivity index (χ0) is 27.1. The SMILES string of the molecule is Cc1ccc(S(=O)(=O)N2CCC[C@@H]2C(=O)OCC(=O)OC2=CC=C3C4(CCC(=O)[N+]23C#N)OCCO4)cc1. The minimum Gasteiger partial charge on any atom is -0.452 e. The van der Waals surface area contributed by atoms with Gasteiger partial charge in [0.25, 0.3) is 0 Å². The molecule has 4 heterocycles. The number of hydrogen-bond acceptors (Lipinski definition) is 10. The van der Waals surface area contributed by atoms with Gasteiger partial charge in [0.15, 0.2) is 12.3 Å². The number of hydrogen-bond donors (Lipinski definition) is 0. The van der Waals surface area contributed by atoms with E-state index in [4.69, 9.17) is 18.9 Å². The van der Waals surface area contributed by atoms with Crippen molar-refractivity contribution in [1.29, 1.82) is 5.26 Å². The van der Waals surface area contributed by atoms with E-state index in [1.54, 1.807) is 12.1 Å². The van der Waals surface area contributed by atoms with Gasteiger partial charge in [-0.25, -0.2) is 18.0 Å². The van der Waals surface area contributed by atoms with E-state index in [-0.39, 0.29) is 42.3 Å². The summed E-state index contributed by atoms with van der Waals surface area (Å²) in [6.07, 6.45) is 5.59. The average molecular weight is 545 g/mol. The van der Waals surface area contributed by atoms with Crippen LogP contribution in [0.4, 0.5) is 0 Å². The first-order valence-electron chi connectivity index (χ1n) is 12.2. The molecule has 0 N–H and O–H groups in total. The van der Waals surface area contributed by atoms with Crippen molar-refractivity contribution in [3.63, 3.8) is 0 Å². The maximum atomic E-state index is 13.1. The summed E-state index contributed by atoms with van der Waals surface area (Å²) in [6, 6.07) is 5.19. The molecule has 1 spiro atoms. The maximum absolute atomic E-state index is 13.1. The van der Waals surface area contributed by atoms with Crippen LogP contribution in [0, 0.1) is 18.4 Å².